The van der Waals surface area contributed by atoms with Gasteiger partial charge in [-0.3, -0.25) is 4.79 Å². The van der Waals surface area contributed by atoms with Crippen LogP contribution < -0.4 is 5.32 Å². The molecule has 0 aliphatic rings. The largest absolute Gasteiger partial charge is 0.437 e. The molecule has 0 aliphatic carbocycles. The van der Waals surface area contributed by atoms with Crippen LogP contribution in [0.1, 0.15) is 17.0 Å². The van der Waals surface area contributed by atoms with Crippen molar-refractivity contribution in [1.29, 1.82) is 0 Å². The summed E-state index contributed by atoms with van der Waals surface area (Å²) in [5.41, 5.74) is 1.80. The predicted molar refractivity (Wildman–Crippen MR) is 76.5 cm³/mol. The number of nitrogens with one attached hydrogen (secondary N) is 1. The molecular formula is C14H15FN2O2S. The summed E-state index contributed by atoms with van der Waals surface area (Å²) >= 11 is 1.21. The number of carbonyl (C=O) groups excluding carboxylic acids is 1. The van der Waals surface area contributed by atoms with E-state index in [1.807, 2.05) is 13.8 Å². The van der Waals surface area contributed by atoms with Gasteiger partial charge < -0.3 is 9.73 Å². The molecule has 0 unspecified atom stereocenters. The molecule has 0 spiro atoms. The number of nitrogens with zero attached hydrogens (tertiary/aromatic N) is 1. The number of oxazole rings is 1. The number of carbonyl (C=O) groups is 1. The molecule has 0 fully saturated rings. The Morgan fingerprint density at radius 2 is 2.15 bits per heavy atom. The van der Waals surface area contributed by atoms with Gasteiger partial charge in [-0.1, -0.05) is 17.8 Å². The summed E-state index contributed by atoms with van der Waals surface area (Å²) in [7, 11) is 0. The minimum absolute atomic E-state index is 0.162. The molecule has 20 heavy (non-hydrogen) atoms. The normalized spacial score (nSPS) is 10.6. The molecule has 4 nitrogen and oxygen atoms in total. The van der Waals surface area contributed by atoms with Crippen molar-refractivity contribution in [3.05, 3.63) is 41.0 Å². The number of aromatic nitrogens is 1. The maximum absolute atomic E-state index is 13.3. The summed E-state index contributed by atoms with van der Waals surface area (Å²) in [4.78, 5) is 15.9. The first-order chi connectivity index (χ1) is 9.45. The minimum Gasteiger partial charge on any atom is -0.437 e. The van der Waals surface area contributed by atoms with E-state index in [1.165, 1.54) is 17.8 Å². The Balaban J connectivity index is 1.90. The van der Waals surface area contributed by atoms with Crippen molar-refractivity contribution < 1.29 is 13.6 Å². The Labute approximate surface area is 120 Å². The van der Waals surface area contributed by atoms with Crippen LogP contribution in [0.5, 0.6) is 0 Å². The Morgan fingerprint density at radius 1 is 1.40 bits per heavy atom. The summed E-state index contributed by atoms with van der Waals surface area (Å²) in [5.74, 6) is 0.337. The van der Waals surface area contributed by atoms with E-state index in [1.54, 1.807) is 19.1 Å². The summed E-state index contributed by atoms with van der Waals surface area (Å²) in [6.07, 6.45) is 0. The Bertz CT molecular complexity index is 621. The zero-order chi connectivity index (χ0) is 14.7. The molecule has 1 heterocycles. The SMILES string of the molecule is Cc1ccc(NC(=O)CSc2nc(C)c(C)o2)cc1F. The second-order valence-electron chi connectivity index (χ2n) is 4.42. The van der Waals surface area contributed by atoms with Gasteiger partial charge in [0.2, 0.25) is 5.91 Å². The van der Waals surface area contributed by atoms with E-state index < -0.39 is 0 Å². The molecule has 1 aromatic heterocycles. The van der Waals surface area contributed by atoms with Gasteiger partial charge in [-0.15, -0.1) is 0 Å². The van der Waals surface area contributed by atoms with E-state index in [9.17, 15) is 9.18 Å². The maximum atomic E-state index is 13.3. The molecule has 0 bridgehead atoms. The first-order valence-electron chi connectivity index (χ1n) is 6.08. The van der Waals surface area contributed by atoms with E-state index in [4.69, 9.17) is 4.42 Å². The molecule has 0 atom stereocenters. The molecule has 106 valence electrons. The van der Waals surface area contributed by atoms with Gasteiger partial charge in [0.25, 0.3) is 5.22 Å². The second kappa shape index (κ2) is 6.09. The van der Waals surface area contributed by atoms with Crippen LogP contribution in [0, 0.1) is 26.6 Å². The van der Waals surface area contributed by atoms with Gasteiger partial charge in [0.05, 0.1) is 11.4 Å². The van der Waals surface area contributed by atoms with E-state index in [0.29, 0.717) is 16.5 Å². The number of thioether (sulfide) groups is 1. The van der Waals surface area contributed by atoms with E-state index in [0.717, 1.165) is 11.5 Å². The molecule has 1 N–H and O–H groups in total. The zero-order valence-electron chi connectivity index (χ0n) is 11.5. The van der Waals surface area contributed by atoms with Gasteiger partial charge in [-0.25, -0.2) is 9.37 Å². The Hall–Kier alpha value is -1.82. The lowest BCUT2D eigenvalue weighted by Crippen LogP contribution is -2.14. The molecule has 2 rings (SSSR count). The maximum Gasteiger partial charge on any atom is 0.256 e. The average molecular weight is 294 g/mol. The minimum atomic E-state index is -0.339. The van der Waals surface area contributed by atoms with Gasteiger partial charge in [0.1, 0.15) is 11.6 Å². The highest BCUT2D eigenvalue weighted by Crippen LogP contribution is 2.20. The average Bonchev–Trinajstić information content (AvgIpc) is 2.71. The molecule has 0 radical (unpaired) electrons. The van der Waals surface area contributed by atoms with Gasteiger partial charge in [-0.05, 0) is 38.5 Å². The van der Waals surface area contributed by atoms with Crippen LogP contribution in [0.4, 0.5) is 10.1 Å². The van der Waals surface area contributed by atoms with Crippen molar-refractivity contribution in [2.24, 2.45) is 0 Å². The lowest BCUT2D eigenvalue weighted by Gasteiger charge is -2.05. The molecule has 1 amide bonds. The van der Waals surface area contributed by atoms with Crippen LogP contribution in [0.3, 0.4) is 0 Å². The van der Waals surface area contributed by atoms with Crippen LogP contribution >= 0.6 is 11.8 Å². The molecule has 0 saturated carbocycles. The fourth-order valence-corrected chi connectivity index (χ4v) is 2.21. The van der Waals surface area contributed by atoms with Gasteiger partial charge in [-0.2, -0.15) is 0 Å². The van der Waals surface area contributed by atoms with Crippen molar-refractivity contribution in [1.82, 2.24) is 4.98 Å². The van der Waals surface area contributed by atoms with Crippen molar-refractivity contribution >= 4 is 23.4 Å². The molecule has 1 aromatic carbocycles. The number of anilines is 1. The number of halogens is 1. The monoisotopic (exact) mass is 294 g/mol. The summed E-state index contributed by atoms with van der Waals surface area (Å²) < 4.78 is 18.7. The molecule has 0 aliphatic heterocycles. The number of rotatable bonds is 4. The third-order valence-electron chi connectivity index (χ3n) is 2.79. The number of amides is 1. The summed E-state index contributed by atoms with van der Waals surface area (Å²) in [5, 5.41) is 3.10. The second-order valence-corrected chi connectivity index (χ2v) is 5.35. The molecule has 6 heteroatoms. The van der Waals surface area contributed by atoms with E-state index in [-0.39, 0.29) is 17.5 Å². The highest BCUT2D eigenvalue weighted by Gasteiger charge is 2.10. The van der Waals surface area contributed by atoms with Crippen molar-refractivity contribution in [2.45, 2.75) is 26.0 Å². The topological polar surface area (TPSA) is 55.1 Å². The quantitative estimate of drug-likeness (QED) is 0.877. The number of hydrogen-bond donors (Lipinski definition) is 1. The number of aryl methyl sites for hydroxylation is 3. The zero-order valence-corrected chi connectivity index (χ0v) is 12.3. The van der Waals surface area contributed by atoms with Crippen LogP contribution in [-0.2, 0) is 4.79 Å². The number of benzene rings is 1. The molecule has 2 aromatic rings. The van der Waals surface area contributed by atoms with Gasteiger partial charge in [0.15, 0.2) is 0 Å². The van der Waals surface area contributed by atoms with Gasteiger partial charge >= 0.3 is 0 Å². The van der Waals surface area contributed by atoms with Crippen molar-refractivity contribution in [2.75, 3.05) is 11.1 Å². The molecule has 0 saturated heterocycles. The van der Waals surface area contributed by atoms with E-state index >= 15 is 0 Å². The lowest BCUT2D eigenvalue weighted by atomic mass is 10.2. The summed E-state index contributed by atoms with van der Waals surface area (Å²) in [6, 6.07) is 4.59. The summed E-state index contributed by atoms with van der Waals surface area (Å²) in [6.45, 7) is 5.34. The Morgan fingerprint density at radius 3 is 2.75 bits per heavy atom. The third-order valence-corrected chi connectivity index (χ3v) is 3.62. The fraction of sp³-hybridized carbons (Fsp3) is 0.286. The van der Waals surface area contributed by atoms with E-state index in [2.05, 4.69) is 10.3 Å². The predicted octanol–water partition coefficient (Wildman–Crippen LogP) is 3.47. The highest BCUT2D eigenvalue weighted by molar-refractivity contribution is 7.99. The van der Waals surface area contributed by atoms with Crippen LogP contribution in [0.25, 0.3) is 0 Å². The van der Waals surface area contributed by atoms with Crippen molar-refractivity contribution in [3.63, 3.8) is 0 Å². The van der Waals surface area contributed by atoms with Crippen molar-refractivity contribution in [3.8, 4) is 0 Å². The Kier molecular flexibility index (Phi) is 4.44. The van der Waals surface area contributed by atoms with Crippen LogP contribution in [-0.4, -0.2) is 16.6 Å². The van der Waals surface area contributed by atoms with Gasteiger partial charge in [0, 0.05) is 5.69 Å². The lowest BCUT2D eigenvalue weighted by molar-refractivity contribution is -0.113. The molecular weight excluding hydrogens is 279 g/mol. The fourth-order valence-electron chi connectivity index (χ4n) is 1.50. The first kappa shape index (κ1) is 14.6. The third kappa shape index (κ3) is 3.60. The number of hydrogen-bond acceptors (Lipinski definition) is 4. The first-order valence-corrected chi connectivity index (χ1v) is 7.07. The smallest absolute Gasteiger partial charge is 0.256 e. The van der Waals surface area contributed by atoms with Crippen LogP contribution in [0.2, 0.25) is 0 Å². The highest BCUT2D eigenvalue weighted by atomic mass is 32.2. The van der Waals surface area contributed by atoms with Crippen LogP contribution in [0.15, 0.2) is 27.8 Å². The standard InChI is InChI=1S/C14H15FN2O2S/c1-8-4-5-11(6-12(8)15)17-13(18)7-20-14-16-9(2)10(3)19-14/h4-6H,7H2,1-3H3,(H,17,18).